The van der Waals surface area contributed by atoms with Gasteiger partial charge >= 0.3 is 25.8 Å². The Hall–Kier alpha value is -2.71. The van der Waals surface area contributed by atoms with Crippen LogP contribution in [0.15, 0.2) is 21.9 Å². The fourth-order valence-electron chi connectivity index (χ4n) is 2.67. The summed E-state index contributed by atoms with van der Waals surface area (Å²) in [6.45, 7) is -0.200. The fourth-order valence-corrected chi connectivity index (χ4v) is 3.61. The lowest BCUT2D eigenvalue weighted by molar-refractivity contribution is -0.0553. The number of carbonyl (C=O) groups is 2. The summed E-state index contributed by atoms with van der Waals surface area (Å²) < 4.78 is 52.1. The number of methoxy groups -OCH3 is 2. The molecular weight excluding hydrogens is 459 g/mol. The Kier molecular flexibility index (Phi) is 9.41. The molecule has 1 aliphatic heterocycles. The molecule has 3 atom stereocenters. The largest absolute Gasteiger partial charge is 0.510 e. The third-order valence-electron chi connectivity index (χ3n) is 4.11. The number of carbonyl (C=O) groups excluding carboxylic acids is 2. The number of rotatable bonds is 10. The number of H-pyrrole nitrogens is 1. The zero-order valence-corrected chi connectivity index (χ0v) is 18.3. The molecule has 1 fully saturated rings. The van der Waals surface area contributed by atoms with E-state index < -0.39 is 57.3 Å². The summed E-state index contributed by atoms with van der Waals surface area (Å²) in [4.78, 5) is 47.4. The van der Waals surface area contributed by atoms with Crippen molar-refractivity contribution in [1.29, 1.82) is 0 Å². The van der Waals surface area contributed by atoms with Crippen LogP contribution in [0.5, 0.6) is 0 Å². The van der Waals surface area contributed by atoms with Crippen molar-refractivity contribution in [1.82, 2.24) is 9.55 Å². The average Bonchev–Trinajstić information content (AvgIpc) is 3.12. The zero-order chi connectivity index (χ0) is 23.7. The van der Waals surface area contributed by atoms with Gasteiger partial charge in [-0.05, 0) is 6.42 Å². The molecule has 0 bridgehead atoms. The highest BCUT2D eigenvalue weighted by Gasteiger charge is 2.37. The van der Waals surface area contributed by atoms with Gasteiger partial charge in [0.2, 0.25) is 13.6 Å². The molecule has 2 heterocycles. The maximum absolute atomic E-state index is 12.8. The number of aromatic nitrogens is 2. The van der Waals surface area contributed by atoms with E-state index in [0.717, 1.165) is 14.2 Å². The average molecular weight is 482 g/mol. The molecule has 0 aromatic carbocycles. The molecular formula is C16H23N2O13P. The van der Waals surface area contributed by atoms with E-state index in [2.05, 4.69) is 23.9 Å². The van der Waals surface area contributed by atoms with Crippen molar-refractivity contribution in [3.05, 3.63) is 33.1 Å². The standard InChI is InChI=1S/C16H23N2O13P/c1-10-6-11(31-13(10)18-5-4-12(19)17-14(18)20)7-28-32(23,29-8-26-15(21)24-2)30-9-27-16(22)25-3/h4-5,10-11,13H,6-9H2,1-3H3,(H,17,19,20)/t10-,11-,13+/m0/s1. The predicted octanol–water partition coefficient (Wildman–Crippen LogP) is 1.10. The second-order valence-corrected chi connectivity index (χ2v) is 7.98. The van der Waals surface area contributed by atoms with Crippen LogP contribution < -0.4 is 11.2 Å². The minimum atomic E-state index is -4.39. The van der Waals surface area contributed by atoms with Crippen molar-refractivity contribution >= 4 is 20.1 Å². The lowest BCUT2D eigenvalue weighted by Crippen LogP contribution is -2.33. The molecule has 1 aromatic heterocycles. The SMILES string of the molecule is COC(=O)OCOP(=O)(OCOC(=O)OC)OC[C@@H]1C[C@H](C)[C@H](n2ccc(=O)[nH]c2=O)O1. The predicted molar refractivity (Wildman–Crippen MR) is 101 cm³/mol. The first-order valence-electron chi connectivity index (χ1n) is 9.09. The van der Waals surface area contributed by atoms with Gasteiger partial charge in [-0.1, -0.05) is 6.92 Å². The molecule has 0 aliphatic carbocycles. The summed E-state index contributed by atoms with van der Waals surface area (Å²) >= 11 is 0. The van der Waals surface area contributed by atoms with Gasteiger partial charge in [0.1, 0.15) is 6.23 Å². The monoisotopic (exact) mass is 482 g/mol. The van der Waals surface area contributed by atoms with E-state index in [-0.39, 0.29) is 12.5 Å². The fraction of sp³-hybridized carbons (Fsp3) is 0.625. The summed E-state index contributed by atoms with van der Waals surface area (Å²) in [6.07, 6.45) is -1.87. The van der Waals surface area contributed by atoms with E-state index in [1.807, 2.05) is 6.92 Å². The van der Waals surface area contributed by atoms with Crippen LogP contribution in [0.2, 0.25) is 0 Å². The van der Waals surface area contributed by atoms with Crippen molar-refractivity contribution in [2.75, 3.05) is 34.4 Å². The highest BCUT2D eigenvalue weighted by Crippen LogP contribution is 2.50. The van der Waals surface area contributed by atoms with Gasteiger partial charge in [0.15, 0.2) is 0 Å². The highest BCUT2D eigenvalue weighted by atomic mass is 31.2. The third-order valence-corrected chi connectivity index (χ3v) is 5.41. The van der Waals surface area contributed by atoms with Crippen LogP contribution in [-0.4, -0.2) is 62.4 Å². The molecule has 1 aliphatic rings. The van der Waals surface area contributed by atoms with E-state index in [0.29, 0.717) is 6.42 Å². The van der Waals surface area contributed by atoms with Gasteiger partial charge in [-0.3, -0.25) is 18.9 Å². The van der Waals surface area contributed by atoms with Crippen LogP contribution in [0.3, 0.4) is 0 Å². The van der Waals surface area contributed by atoms with Gasteiger partial charge in [-0.15, -0.1) is 0 Å². The molecule has 1 aromatic rings. The summed E-state index contributed by atoms with van der Waals surface area (Å²) in [7, 11) is -2.28. The van der Waals surface area contributed by atoms with Crippen molar-refractivity contribution in [3.63, 3.8) is 0 Å². The quantitative estimate of drug-likeness (QED) is 0.285. The Bertz CT molecular complexity index is 918. The number of ether oxygens (including phenoxy) is 5. The lowest BCUT2D eigenvalue weighted by Gasteiger charge is -2.20. The summed E-state index contributed by atoms with van der Waals surface area (Å²) in [5, 5.41) is 0. The number of phosphoric ester groups is 1. The molecule has 16 heteroatoms. The second-order valence-electron chi connectivity index (χ2n) is 6.31. The van der Waals surface area contributed by atoms with E-state index in [1.54, 1.807) is 0 Å². The molecule has 0 saturated carbocycles. The number of hydrogen-bond donors (Lipinski definition) is 1. The Labute approximate surface area is 181 Å². The van der Waals surface area contributed by atoms with Gasteiger partial charge in [0.05, 0.1) is 26.9 Å². The van der Waals surface area contributed by atoms with Crippen molar-refractivity contribution < 1.29 is 51.4 Å². The van der Waals surface area contributed by atoms with Crippen LogP contribution in [0, 0.1) is 5.92 Å². The number of nitrogens with one attached hydrogen (secondary N) is 1. The van der Waals surface area contributed by atoms with Crippen LogP contribution in [0.4, 0.5) is 9.59 Å². The van der Waals surface area contributed by atoms with Gasteiger partial charge in [0, 0.05) is 18.2 Å². The van der Waals surface area contributed by atoms with E-state index in [4.69, 9.17) is 18.3 Å². The van der Waals surface area contributed by atoms with Crippen LogP contribution >= 0.6 is 7.82 Å². The van der Waals surface area contributed by atoms with Crippen molar-refractivity contribution in [2.45, 2.75) is 25.7 Å². The smallest absolute Gasteiger partial charge is 0.438 e. The van der Waals surface area contributed by atoms with Gasteiger partial charge in [0.25, 0.3) is 5.56 Å². The molecule has 0 amide bonds. The maximum Gasteiger partial charge on any atom is 0.510 e. The molecule has 1 saturated heterocycles. The summed E-state index contributed by atoms with van der Waals surface area (Å²) in [6, 6.07) is 1.18. The molecule has 2 rings (SSSR count). The van der Waals surface area contributed by atoms with E-state index in [9.17, 15) is 23.7 Å². The summed E-state index contributed by atoms with van der Waals surface area (Å²) in [5.74, 6) is -0.168. The molecule has 15 nitrogen and oxygen atoms in total. The number of hydrogen-bond acceptors (Lipinski definition) is 13. The molecule has 0 spiro atoms. The van der Waals surface area contributed by atoms with E-state index >= 15 is 0 Å². The highest BCUT2D eigenvalue weighted by molar-refractivity contribution is 7.48. The molecule has 0 radical (unpaired) electrons. The lowest BCUT2D eigenvalue weighted by atomic mass is 10.1. The number of nitrogens with zero attached hydrogens (tertiary/aromatic N) is 1. The Morgan fingerprint density at radius 1 is 1.12 bits per heavy atom. The van der Waals surface area contributed by atoms with Crippen molar-refractivity contribution in [2.24, 2.45) is 5.92 Å². The van der Waals surface area contributed by atoms with E-state index in [1.165, 1.54) is 16.8 Å². The Balaban J connectivity index is 1.98. The third kappa shape index (κ3) is 7.46. The normalized spacial score (nSPS) is 20.5. The summed E-state index contributed by atoms with van der Waals surface area (Å²) in [5.41, 5.74) is -1.19. The zero-order valence-electron chi connectivity index (χ0n) is 17.4. The second kappa shape index (κ2) is 11.8. The van der Waals surface area contributed by atoms with Gasteiger partial charge in [-0.2, -0.15) is 0 Å². The Morgan fingerprint density at radius 2 is 1.72 bits per heavy atom. The minimum Gasteiger partial charge on any atom is -0.438 e. The minimum absolute atomic E-state index is 0.168. The first-order chi connectivity index (χ1) is 15.2. The van der Waals surface area contributed by atoms with Crippen molar-refractivity contribution in [3.8, 4) is 0 Å². The number of aromatic amines is 1. The molecule has 0 unspecified atom stereocenters. The van der Waals surface area contributed by atoms with Crippen LogP contribution in [0.25, 0.3) is 0 Å². The first-order valence-corrected chi connectivity index (χ1v) is 10.6. The van der Waals surface area contributed by atoms with Crippen LogP contribution in [-0.2, 0) is 41.8 Å². The van der Waals surface area contributed by atoms with Gasteiger partial charge < -0.3 is 23.7 Å². The van der Waals surface area contributed by atoms with Crippen LogP contribution in [0.1, 0.15) is 19.6 Å². The topological polar surface area (TPSA) is 180 Å². The molecule has 1 N–H and O–H groups in total. The maximum atomic E-state index is 12.8. The Morgan fingerprint density at radius 3 is 2.25 bits per heavy atom. The number of phosphoric acid groups is 1. The first kappa shape index (κ1) is 25.5. The molecule has 32 heavy (non-hydrogen) atoms. The van der Waals surface area contributed by atoms with Gasteiger partial charge in [-0.25, -0.2) is 28.0 Å². The molecule has 180 valence electrons.